The van der Waals surface area contributed by atoms with Gasteiger partial charge in [-0.05, 0) is 49.9 Å². The van der Waals surface area contributed by atoms with Gasteiger partial charge in [0.1, 0.15) is 11.5 Å². The van der Waals surface area contributed by atoms with Gasteiger partial charge in [-0.15, -0.1) is 0 Å². The van der Waals surface area contributed by atoms with Gasteiger partial charge in [0, 0.05) is 19.2 Å². The number of hydrogen-bond acceptors (Lipinski definition) is 4. The molecule has 1 amide bonds. The molecule has 120 valence electrons. The Balaban J connectivity index is 1.77. The maximum absolute atomic E-state index is 12.8. The lowest BCUT2D eigenvalue weighted by molar-refractivity contribution is 0.0758. The molecule has 1 aromatic carbocycles. The lowest BCUT2D eigenvalue weighted by Crippen LogP contribution is -2.39. The first-order chi connectivity index (χ1) is 10.7. The van der Waals surface area contributed by atoms with E-state index < -0.39 is 0 Å². The number of carbonyl (C=O) groups is 1. The lowest BCUT2D eigenvalue weighted by atomic mass is 9.78. The molecule has 2 fully saturated rings. The van der Waals surface area contributed by atoms with Crippen molar-refractivity contribution in [2.75, 3.05) is 40.4 Å². The van der Waals surface area contributed by atoms with Gasteiger partial charge >= 0.3 is 0 Å². The summed E-state index contributed by atoms with van der Waals surface area (Å²) in [5, 5.41) is 3.41. The standard InChI is InChI=1S/C17H24N2O3/c1-21-13-3-4-14(15(11-13)22-2)16(20)19-10-7-17(12-19)5-8-18-9-6-17/h3-4,11,18H,5-10,12H2,1-2H3. The molecule has 0 aromatic heterocycles. The highest BCUT2D eigenvalue weighted by atomic mass is 16.5. The van der Waals surface area contributed by atoms with Gasteiger partial charge < -0.3 is 19.7 Å². The molecule has 0 atom stereocenters. The van der Waals surface area contributed by atoms with Gasteiger partial charge in [0.25, 0.3) is 5.91 Å². The van der Waals surface area contributed by atoms with Crippen LogP contribution in [0.5, 0.6) is 11.5 Å². The molecule has 0 bridgehead atoms. The van der Waals surface area contributed by atoms with Crippen LogP contribution in [0.15, 0.2) is 18.2 Å². The number of nitrogens with zero attached hydrogens (tertiary/aromatic N) is 1. The zero-order valence-corrected chi connectivity index (χ0v) is 13.4. The molecule has 1 aromatic rings. The Labute approximate surface area is 131 Å². The van der Waals surface area contributed by atoms with Gasteiger partial charge in [-0.2, -0.15) is 0 Å². The number of amides is 1. The van der Waals surface area contributed by atoms with Gasteiger partial charge in [0.15, 0.2) is 0 Å². The SMILES string of the molecule is COc1ccc(C(=O)N2CCC3(CCNCC3)C2)c(OC)c1. The van der Waals surface area contributed by atoms with Crippen molar-refractivity contribution in [1.82, 2.24) is 10.2 Å². The van der Waals surface area contributed by atoms with E-state index in [4.69, 9.17) is 9.47 Å². The van der Waals surface area contributed by atoms with Crippen molar-refractivity contribution >= 4 is 5.91 Å². The molecule has 3 rings (SSSR count). The fourth-order valence-electron chi connectivity index (χ4n) is 3.62. The predicted molar refractivity (Wildman–Crippen MR) is 84.6 cm³/mol. The lowest BCUT2D eigenvalue weighted by Gasteiger charge is -2.33. The van der Waals surface area contributed by atoms with Gasteiger partial charge in [-0.25, -0.2) is 0 Å². The van der Waals surface area contributed by atoms with Crippen molar-refractivity contribution in [3.05, 3.63) is 23.8 Å². The Morgan fingerprint density at radius 1 is 1.18 bits per heavy atom. The molecule has 5 nitrogen and oxygen atoms in total. The van der Waals surface area contributed by atoms with Crippen molar-refractivity contribution in [2.45, 2.75) is 19.3 Å². The minimum atomic E-state index is 0.0647. The number of carbonyl (C=O) groups excluding carboxylic acids is 1. The van der Waals surface area contributed by atoms with E-state index in [2.05, 4.69) is 5.32 Å². The molecule has 2 aliphatic heterocycles. The van der Waals surface area contributed by atoms with Gasteiger partial charge in [0.05, 0.1) is 19.8 Å². The molecule has 0 aliphatic carbocycles. The Morgan fingerprint density at radius 3 is 2.64 bits per heavy atom. The van der Waals surface area contributed by atoms with E-state index in [1.54, 1.807) is 26.4 Å². The monoisotopic (exact) mass is 304 g/mol. The van der Waals surface area contributed by atoms with Crippen LogP contribution >= 0.6 is 0 Å². The molecule has 1 N–H and O–H groups in total. The maximum Gasteiger partial charge on any atom is 0.257 e. The van der Waals surface area contributed by atoms with Crippen LogP contribution in [0.3, 0.4) is 0 Å². The molecule has 2 saturated heterocycles. The molecule has 5 heteroatoms. The number of nitrogens with one attached hydrogen (secondary N) is 1. The zero-order chi connectivity index (χ0) is 15.6. The van der Waals surface area contributed by atoms with Gasteiger partial charge in [0.2, 0.25) is 0 Å². The number of rotatable bonds is 3. The first-order valence-corrected chi connectivity index (χ1v) is 7.89. The van der Waals surface area contributed by atoms with E-state index >= 15 is 0 Å². The molecule has 0 radical (unpaired) electrons. The fourth-order valence-corrected chi connectivity index (χ4v) is 3.62. The fraction of sp³-hybridized carbons (Fsp3) is 0.588. The number of hydrogen-bond donors (Lipinski definition) is 1. The molecule has 0 saturated carbocycles. The molecular weight excluding hydrogens is 280 g/mol. The van der Waals surface area contributed by atoms with Crippen molar-refractivity contribution in [3.8, 4) is 11.5 Å². The molecular formula is C17H24N2O3. The quantitative estimate of drug-likeness (QED) is 0.927. The molecule has 22 heavy (non-hydrogen) atoms. The van der Waals surface area contributed by atoms with Crippen LogP contribution in [0, 0.1) is 5.41 Å². The van der Waals surface area contributed by atoms with Crippen LogP contribution in [-0.4, -0.2) is 51.2 Å². The zero-order valence-electron chi connectivity index (χ0n) is 13.4. The van der Waals surface area contributed by atoms with Crippen molar-refractivity contribution in [1.29, 1.82) is 0 Å². The van der Waals surface area contributed by atoms with Gasteiger partial charge in [-0.3, -0.25) is 4.79 Å². The normalized spacial score (nSPS) is 20.2. The van der Waals surface area contributed by atoms with Crippen LogP contribution < -0.4 is 14.8 Å². The highest BCUT2D eigenvalue weighted by molar-refractivity contribution is 5.97. The van der Waals surface area contributed by atoms with Crippen molar-refractivity contribution in [2.24, 2.45) is 5.41 Å². The summed E-state index contributed by atoms with van der Waals surface area (Å²) >= 11 is 0. The number of piperidine rings is 1. The maximum atomic E-state index is 12.8. The third-order valence-corrected chi connectivity index (χ3v) is 5.03. The highest BCUT2D eigenvalue weighted by Gasteiger charge is 2.41. The number of benzene rings is 1. The van der Waals surface area contributed by atoms with E-state index in [-0.39, 0.29) is 5.91 Å². The minimum Gasteiger partial charge on any atom is -0.497 e. The second kappa shape index (κ2) is 6.16. The Kier molecular flexibility index (Phi) is 4.25. The predicted octanol–water partition coefficient (Wildman–Crippen LogP) is 1.92. The van der Waals surface area contributed by atoms with Crippen LogP contribution in [0.25, 0.3) is 0 Å². The van der Waals surface area contributed by atoms with Crippen molar-refractivity contribution < 1.29 is 14.3 Å². The van der Waals surface area contributed by atoms with Crippen LogP contribution in [0.2, 0.25) is 0 Å². The highest BCUT2D eigenvalue weighted by Crippen LogP contribution is 2.39. The summed E-state index contributed by atoms with van der Waals surface area (Å²) in [5.41, 5.74) is 0.940. The Bertz CT molecular complexity index is 553. The van der Waals surface area contributed by atoms with Gasteiger partial charge in [-0.1, -0.05) is 0 Å². The van der Waals surface area contributed by atoms with Crippen LogP contribution in [0.1, 0.15) is 29.6 Å². The van der Waals surface area contributed by atoms with Crippen molar-refractivity contribution in [3.63, 3.8) is 0 Å². The summed E-state index contributed by atoms with van der Waals surface area (Å²) in [6.45, 7) is 3.83. The second-order valence-corrected chi connectivity index (χ2v) is 6.29. The Morgan fingerprint density at radius 2 is 1.95 bits per heavy atom. The van der Waals surface area contributed by atoms with E-state index in [0.29, 0.717) is 22.5 Å². The average Bonchev–Trinajstić information content (AvgIpc) is 2.97. The third-order valence-electron chi connectivity index (χ3n) is 5.03. The summed E-state index contributed by atoms with van der Waals surface area (Å²) in [6.07, 6.45) is 3.44. The molecule has 0 unspecified atom stereocenters. The summed E-state index contributed by atoms with van der Waals surface area (Å²) in [4.78, 5) is 14.8. The van der Waals surface area contributed by atoms with Crippen LogP contribution in [-0.2, 0) is 0 Å². The van der Waals surface area contributed by atoms with E-state index in [1.807, 2.05) is 11.0 Å². The first-order valence-electron chi connectivity index (χ1n) is 7.89. The number of likely N-dealkylation sites (tertiary alicyclic amines) is 1. The second-order valence-electron chi connectivity index (χ2n) is 6.29. The summed E-state index contributed by atoms with van der Waals surface area (Å²) in [7, 11) is 3.20. The van der Waals surface area contributed by atoms with E-state index in [9.17, 15) is 4.79 Å². The third kappa shape index (κ3) is 2.77. The number of ether oxygens (including phenoxy) is 2. The van der Waals surface area contributed by atoms with E-state index in [0.717, 1.165) is 45.4 Å². The molecule has 1 spiro atoms. The molecule has 2 heterocycles. The summed E-state index contributed by atoms with van der Waals surface area (Å²) in [6, 6.07) is 5.38. The summed E-state index contributed by atoms with van der Waals surface area (Å²) < 4.78 is 10.6. The molecule has 2 aliphatic rings. The largest absolute Gasteiger partial charge is 0.497 e. The van der Waals surface area contributed by atoms with E-state index in [1.165, 1.54) is 0 Å². The summed E-state index contributed by atoms with van der Waals surface area (Å²) in [5.74, 6) is 1.34. The Hall–Kier alpha value is -1.75. The van der Waals surface area contributed by atoms with Crippen LogP contribution in [0.4, 0.5) is 0 Å². The topological polar surface area (TPSA) is 50.8 Å². The average molecular weight is 304 g/mol. The number of methoxy groups -OCH3 is 2. The first kappa shape index (κ1) is 15.2. The smallest absolute Gasteiger partial charge is 0.257 e. The minimum absolute atomic E-state index is 0.0647.